The highest BCUT2D eigenvalue weighted by Crippen LogP contribution is 1.98. The van der Waals surface area contributed by atoms with Crippen LogP contribution in [0.4, 0.5) is 9.59 Å². The van der Waals surface area contributed by atoms with Crippen LogP contribution in [-0.4, -0.2) is 49.3 Å². The van der Waals surface area contributed by atoms with Gasteiger partial charge in [0.15, 0.2) is 0 Å². The number of aliphatic carboxylic acids is 1. The van der Waals surface area contributed by atoms with Crippen LogP contribution < -0.4 is 21.3 Å². The van der Waals surface area contributed by atoms with Crippen molar-refractivity contribution in [2.75, 3.05) is 26.2 Å². The number of urea groups is 2. The van der Waals surface area contributed by atoms with E-state index in [0.717, 1.165) is 51.5 Å². The summed E-state index contributed by atoms with van der Waals surface area (Å²) in [7, 11) is 0. The number of rotatable bonds is 16. The Hall–Kier alpha value is -1.99. The summed E-state index contributed by atoms with van der Waals surface area (Å²) in [4.78, 5) is 33.3. The predicted molar refractivity (Wildman–Crippen MR) is 102 cm³/mol. The van der Waals surface area contributed by atoms with Gasteiger partial charge in [-0.05, 0) is 32.1 Å². The summed E-state index contributed by atoms with van der Waals surface area (Å²) in [5, 5.41) is 19.7. The highest BCUT2D eigenvalue weighted by atomic mass is 16.4. The Bertz CT molecular complexity index is 391. The average molecular weight is 373 g/mol. The molecule has 0 saturated heterocycles. The molecule has 5 N–H and O–H groups in total. The summed E-state index contributed by atoms with van der Waals surface area (Å²) < 4.78 is 0. The summed E-state index contributed by atoms with van der Waals surface area (Å²) in [6, 6.07) is -0.301. The molecule has 26 heavy (non-hydrogen) atoms. The fourth-order valence-electron chi connectivity index (χ4n) is 2.31. The van der Waals surface area contributed by atoms with E-state index in [0.29, 0.717) is 32.5 Å². The van der Waals surface area contributed by atoms with E-state index in [4.69, 9.17) is 5.11 Å². The van der Waals surface area contributed by atoms with Crippen LogP contribution in [0.3, 0.4) is 0 Å². The second-order valence-corrected chi connectivity index (χ2v) is 6.34. The maximum atomic E-state index is 11.5. The minimum absolute atomic E-state index is 0.0946. The fraction of sp³-hybridized carbons (Fsp3) is 0.833. The van der Waals surface area contributed by atoms with Crippen LogP contribution in [0.25, 0.3) is 0 Å². The third-order valence-electron chi connectivity index (χ3n) is 3.84. The normalized spacial score (nSPS) is 10.2. The van der Waals surface area contributed by atoms with Gasteiger partial charge < -0.3 is 26.4 Å². The van der Waals surface area contributed by atoms with Crippen LogP contribution in [0.1, 0.15) is 71.1 Å². The van der Waals surface area contributed by atoms with Crippen molar-refractivity contribution >= 4 is 18.0 Å². The predicted octanol–water partition coefficient (Wildman–Crippen LogP) is 2.59. The molecule has 0 rings (SSSR count). The number of hydrogen-bond donors (Lipinski definition) is 5. The standard InChI is InChI=1S/C18H36N4O4/c1-2-3-7-12-19-17(25)20-13-8-4-5-9-14-21-18(26)22-15-10-6-11-16(23)24/h2-15H2,1H3,(H,23,24)(H2,19,20,25)(H2,21,22,26). The van der Waals surface area contributed by atoms with Gasteiger partial charge in [0, 0.05) is 32.6 Å². The summed E-state index contributed by atoms with van der Waals surface area (Å²) in [6.45, 7) is 4.64. The minimum Gasteiger partial charge on any atom is -0.481 e. The Balaban J connectivity index is 3.28. The molecule has 0 unspecified atom stereocenters. The van der Waals surface area contributed by atoms with E-state index < -0.39 is 5.97 Å². The van der Waals surface area contributed by atoms with Gasteiger partial charge in [-0.1, -0.05) is 32.6 Å². The first-order valence-corrected chi connectivity index (χ1v) is 9.81. The van der Waals surface area contributed by atoms with E-state index in [9.17, 15) is 14.4 Å². The number of hydrogen-bond acceptors (Lipinski definition) is 3. The molecule has 0 aromatic carbocycles. The topological polar surface area (TPSA) is 120 Å². The number of nitrogens with one attached hydrogen (secondary N) is 4. The first-order valence-electron chi connectivity index (χ1n) is 9.81. The second kappa shape index (κ2) is 17.8. The summed E-state index contributed by atoms with van der Waals surface area (Å²) in [6.07, 6.45) is 8.51. The van der Waals surface area contributed by atoms with Gasteiger partial charge in [0.25, 0.3) is 0 Å². The zero-order chi connectivity index (χ0) is 19.5. The minimum atomic E-state index is -0.808. The van der Waals surface area contributed by atoms with E-state index in [1.54, 1.807) is 0 Å². The Morgan fingerprint density at radius 3 is 1.38 bits per heavy atom. The average Bonchev–Trinajstić information content (AvgIpc) is 2.60. The molecule has 0 aromatic heterocycles. The first-order chi connectivity index (χ1) is 12.6. The molecule has 0 atom stereocenters. The number of unbranched alkanes of at least 4 members (excludes halogenated alkanes) is 6. The van der Waals surface area contributed by atoms with Gasteiger partial charge in [0.05, 0.1) is 0 Å². The van der Waals surface area contributed by atoms with Crippen LogP contribution in [0.2, 0.25) is 0 Å². The van der Waals surface area contributed by atoms with Crippen molar-refractivity contribution in [2.45, 2.75) is 71.1 Å². The largest absolute Gasteiger partial charge is 0.481 e. The number of carbonyl (C=O) groups excluding carboxylic acids is 2. The summed E-state index contributed by atoms with van der Waals surface area (Å²) in [5.74, 6) is -0.808. The molecule has 4 amide bonds. The lowest BCUT2D eigenvalue weighted by Gasteiger charge is -2.08. The second-order valence-electron chi connectivity index (χ2n) is 6.34. The Morgan fingerprint density at radius 1 is 0.615 bits per heavy atom. The van der Waals surface area contributed by atoms with Crippen LogP contribution in [0, 0.1) is 0 Å². The molecule has 0 bridgehead atoms. The number of carboxylic acids is 1. The number of amides is 4. The van der Waals surface area contributed by atoms with Crippen LogP contribution >= 0.6 is 0 Å². The lowest BCUT2D eigenvalue weighted by molar-refractivity contribution is -0.137. The third kappa shape index (κ3) is 18.4. The molecule has 0 heterocycles. The Morgan fingerprint density at radius 2 is 1.00 bits per heavy atom. The maximum absolute atomic E-state index is 11.5. The Labute approximate surface area is 156 Å². The number of carbonyl (C=O) groups is 3. The SMILES string of the molecule is CCCCCNC(=O)NCCCCCCNC(=O)NCCCCC(=O)O. The zero-order valence-corrected chi connectivity index (χ0v) is 16.1. The Kier molecular flexibility index (Phi) is 16.5. The molecule has 8 heteroatoms. The molecule has 0 saturated carbocycles. The van der Waals surface area contributed by atoms with Gasteiger partial charge in [0.1, 0.15) is 0 Å². The fourth-order valence-corrected chi connectivity index (χ4v) is 2.31. The van der Waals surface area contributed by atoms with Crippen LogP contribution in [-0.2, 0) is 4.79 Å². The maximum Gasteiger partial charge on any atom is 0.314 e. The van der Waals surface area contributed by atoms with E-state index in [1.165, 1.54) is 0 Å². The molecule has 0 aliphatic rings. The number of carboxylic acid groups (broad SMARTS) is 1. The lowest BCUT2D eigenvalue weighted by atomic mass is 10.2. The molecule has 0 fully saturated rings. The van der Waals surface area contributed by atoms with Crippen molar-refractivity contribution in [3.05, 3.63) is 0 Å². The molecule has 0 aliphatic carbocycles. The van der Waals surface area contributed by atoms with Crippen molar-refractivity contribution < 1.29 is 19.5 Å². The van der Waals surface area contributed by atoms with E-state index in [2.05, 4.69) is 28.2 Å². The monoisotopic (exact) mass is 372 g/mol. The molecule has 0 radical (unpaired) electrons. The van der Waals surface area contributed by atoms with Crippen molar-refractivity contribution in [3.63, 3.8) is 0 Å². The van der Waals surface area contributed by atoms with Gasteiger partial charge in [-0.25, -0.2) is 9.59 Å². The first kappa shape index (κ1) is 24.0. The van der Waals surface area contributed by atoms with E-state index in [1.807, 2.05) is 0 Å². The van der Waals surface area contributed by atoms with Crippen molar-refractivity contribution in [2.24, 2.45) is 0 Å². The van der Waals surface area contributed by atoms with Crippen molar-refractivity contribution in [1.82, 2.24) is 21.3 Å². The van der Waals surface area contributed by atoms with E-state index >= 15 is 0 Å². The molecule has 152 valence electrons. The molecule has 0 spiro atoms. The smallest absolute Gasteiger partial charge is 0.314 e. The van der Waals surface area contributed by atoms with Gasteiger partial charge in [-0.2, -0.15) is 0 Å². The van der Waals surface area contributed by atoms with Crippen molar-refractivity contribution in [1.29, 1.82) is 0 Å². The van der Waals surface area contributed by atoms with Gasteiger partial charge in [-0.3, -0.25) is 4.79 Å². The molecule has 0 aromatic rings. The third-order valence-corrected chi connectivity index (χ3v) is 3.84. The molecular weight excluding hydrogens is 336 g/mol. The van der Waals surface area contributed by atoms with Crippen molar-refractivity contribution in [3.8, 4) is 0 Å². The molecule has 0 aliphatic heterocycles. The zero-order valence-electron chi connectivity index (χ0n) is 16.1. The highest BCUT2D eigenvalue weighted by Gasteiger charge is 2.01. The highest BCUT2D eigenvalue weighted by molar-refractivity contribution is 5.74. The lowest BCUT2D eigenvalue weighted by Crippen LogP contribution is -2.36. The molecular formula is C18H36N4O4. The van der Waals surface area contributed by atoms with Gasteiger partial charge in [0.2, 0.25) is 0 Å². The van der Waals surface area contributed by atoms with Crippen LogP contribution in [0.5, 0.6) is 0 Å². The van der Waals surface area contributed by atoms with Crippen LogP contribution in [0.15, 0.2) is 0 Å². The summed E-state index contributed by atoms with van der Waals surface area (Å²) >= 11 is 0. The van der Waals surface area contributed by atoms with Gasteiger partial charge >= 0.3 is 18.0 Å². The summed E-state index contributed by atoms with van der Waals surface area (Å²) in [5.41, 5.74) is 0. The quantitative estimate of drug-likeness (QED) is 0.267. The van der Waals surface area contributed by atoms with E-state index in [-0.39, 0.29) is 18.5 Å². The molecule has 8 nitrogen and oxygen atoms in total. The van der Waals surface area contributed by atoms with Gasteiger partial charge in [-0.15, -0.1) is 0 Å².